The van der Waals surface area contributed by atoms with Gasteiger partial charge in [0.15, 0.2) is 0 Å². The van der Waals surface area contributed by atoms with Crippen LogP contribution >= 0.6 is 0 Å². The molecule has 0 atom stereocenters. The molecule has 2 aromatic rings. The number of halogens is 5. The Morgan fingerprint density at radius 1 is 1.00 bits per heavy atom. The molecule has 0 radical (unpaired) electrons. The first kappa shape index (κ1) is 15.0. The van der Waals surface area contributed by atoms with E-state index in [4.69, 9.17) is 5.11 Å². The van der Waals surface area contributed by atoms with E-state index >= 15 is 0 Å². The van der Waals surface area contributed by atoms with Gasteiger partial charge in [0.25, 0.3) is 0 Å². The Labute approximate surface area is 115 Å². The minimum Gasteiger partial charge on any atom is -0.478 e. The van der Waals surface area contributed by atoms with Gasteiger partial charge in [-0.2, -0.15) is 13.2 Å². The van der Waals surface area contributed by atoms with Gasteiger partial charge in [-0.15, -0.1) is 0 Å². The van der Waals surface area contributed by atoms with Crippen LogP contribution in [0.2, 0.25) is 0 Å². The SMILES string of the molecule is O=C(O)c1ccc(-c2ccc(F)cc2F)cc1C(F)(F)F. The number of carboxylic acids is 1. The summed E-state index contributed by atoms with van der Waals surface area (Å²) in [6.45, 7) is 0. The van der Waals surface area contributed by atoms with Crippen molar-refractivity contribution >= 4 is 5.97 Å². The number of benzene rings is 2. The molecule has 0 bridgehead atoms. The molecule has 0 unspecified atom stereocenters. The number of hydrogen-bond acceptors (Lipinski definition) is 1. The van der Waals surface area contributed by atoms with E-state index in [0.717, 1.165) is 24.3 Å². The molecule has 2 rings (SSSR count). The number of rotatable bonds is 2. The lowest BCUT2D eigenvalue weighted by Crippen LogP contribution is -2.13. The number of alkyl halides is 3. The maximum atomic E-state index is 13.6. The molecular weight excluding hydrogens is 295 g/mol. The molecule has 0 saturated carbocycles. The molecule has 2 aromatic carbocycles. The second-order valence-corrected chi connectivity index (χ2v) is 4.19. The number of hydrogen-bond donors (Lipinski definition) is 1. The molecule has 0 saturated heterocycles. The fraction of sp³-hybridized carbons (Fsp3) is 0.0714. The van der Waals surface area contributed by atoms with Crippen molar-refractivity contribution in [1.82, 2.24) is 0 Å². The molecule has 0 aliphatic carbocycles. The van der Waals surface area contributed by atoms with Gasteiger partial charge in [0.2, 0.25) is 0 Å². The number of carbonyl (C=O) groups is 1. The maximum absolute atomic E-state index is 13.6. The van der Waals surface area contributed by atoms with Gasteiger partial charge >= 0.3 is 12.1 Å². The zero-order valence-electron chi connectivity index (χ0n) is 10.2. The molecule has 0 aliphatic rings. The van der Waals surface area contributed by atoms with Crippen molar-refractivity contribution in [3.63, 3.8) is 0 Å². The molecule has 0 spiro atoms. The summed E-state index contributed by atoms with van der Waals surface area (Å²) in [5, 5.41) is 8.76. The maximum Gasteiger partial charge on any atom is 0.417 e. The van der Waals surface area contributed by atoms with E-state index in [1.54, 1.807) is 0 Å². The molecule has 110 valence electrons. The summed E-state index contributed by atoms with van der Waals surface area (Å²) >= 11 is 0. The summed E-state index contributed by atoms with van der Waals surface area (Å²) in [6, 6.07) is 4.73. The van der Waals surface area contributed by atoms with E-state index in [0.29, 0.717) is 12.1 Å². The van der Waals surface area contributed by atoms with Crippen LogP contribution in [-0.4, -0.2) is 11.1 Å². The average molecular weight is 302 g/mol. The zero-order chi connectivity index (χ0) is 15.8. The minimum atomic E-state index is -4.90. The second kappa shape index (κ2) is 5.16. The first-order valence-electron chi connectivity index (χ1n) is 5.60. The Morgan fingerprint density at radius 3 is 2.19 bits per heavy atom. The van der Waals surface area contributed by atoms with Crippen molar-refractivity contribution in [3.05, 3.63) is 59.2 Å². The average Bonchev–Trinajstić information content (AvgIpc) is 2.37. The summed E-state index contributed by atoms with van der Waals surface area (Å²) in [4.78, 5) is 10.8. The zero-order valence-corrected chi connectivity index (χ0v) is 10.2. The van der Waals surface area contributed by atoms with E-state index in [-0.39, 0.29) is 11.1 Å². The van der Waals surface area contributed by atoms with Crippen LogP contribution < -0.4 is 0 Å². The van der Waals surface area contributed by atoms with Gasteiger partial charge < -0.3 is 5.11 Å². The van der Waals surface area contributed by atoms with Gasteiger partial charge in [-0.3, -0.25) is 0 Å². The lowest BCUT2D eigenvalue weighted by molar-refractivity contribution is -0.138. The van der Waals surface area contributed by atoms with Gasteiger partial charge in [-0.05, 0) is 29.8 Å². The monoisotopic (exact) mass is 302 g/mol. The topological polar surface area (TPSA) is 37.3 Å². The predicted molar refractivity (Wildman–Crippen MR) is 63.8 cm³/mol. The van der Waals surface area contributed by atoms with E-state index in [9.17, 15) is 26.7 Å². The van der Waals surface area contributed by atoms with Crippen LogP contribution in [0.3, 0.4) is 0 Å². The molecule has 21 heavy (non-hydrogen) atoms. The summed E-state index contributed by atoms with van der Waals surface area (Å²) in [5.41, 5.74) is -2.77. The highest BCUT2D eigenvalue weighted by Crippen LogP contribution is 2.35. The van der Waals surface area contributed by atoms with Crippen LogP contribution in [0.1, 0.15) is 15.9 Å². The standard InChI is InChI=1S/C14H7F5O2/c15-8-2-4-9(12(16)6-8)7-1-3-10(13(20)21)11(5-7)14(17,18)19/h1-6H,(H,20,21). The lowest BCUT2D eigenvalue weighted by atomic mass is 9.98. The van der Waals surface area contributed by atoms with Crippen molar-refractivity contribution in [3.8, 4) is 11.1 Å². The van der Waals surface area contributed by atoms with Crippen molar-refractivity contribution in [1.29, 1.82) is 0 Å². The first-order valence-corrected chi connectivity index (χ1v) is 5.60. The first-order chi connectivity index (χ1) is 9.70. The Hall–Kier alpha value is -2.44. The quantitative estimate of drug-likeness (QED) is 0.837. The van der Waals surface area contributed by atoms with Gasteiger partial charge in [-0.25, -0.2) is 13.6 Å². The van der Waals surface area contributed by atoms with E-state index in [1.165, 1.54) is 0 Å². The van der Waals surface area contributed by atoms with E-state index in [2.05, 4.69) is 0 Å². The smallest absolute Gasteiger partial charge is 0.417 e. The number of carboxylic acid groups (broad SMARTS) is 1. The van der Waals surface area contributed by atoms with Crippen molar-refractivity contribution in [2.24, 2.45) is 0 Å². The van der Waals surface area contributed by atoms with Crippen LogP contribution in [0.25, 0.3) is 11.1 Å². The van der Waals surface area contributed by atoms with Gasteiger partial charge in [0.1, 0.15) is 11.6 Å². The van der Waals surface area contributed by atoms with Gasteiger partial charge in [-0.1, -0.05) is 6.07 Å². The second-order valence-electron chi connectivity index (χ2n) is 4.19. The molecule has 1 N–H and O–H groups in total. The fourth-order valence-electron chi connectivity index (χ4n) is 1.86. The fourth-order valence-corrected chi connectivity index (χ4v) is 1.86. The molecule has 2 nitrogen and oxygen atoms in total. The Balaban J connectivity index is 2.64. The third-order valence-electron chi connectivity index (χ3n) is 2.80. The summed E-state index contributed by atoms with van der Waals surface area (Å²) in [6.07, 6.45) is -4.90. The van der Waals surface area contributed by atoms with E-state index < -0.39 is 34.9 Å². The summed E-state index contributed by atoms with van der Waals surface area (Å²) < 4.78 is 64.9. The van der Waals surface area contributed by atoms with Crippen LogP contribution in [0.4, 0.5) is 22.0 Å². The highest BCUT2D eigenvalue weighted by molar-refractivity contribution is 5.90. The Morgan fingerprint density at radius 2 is 1.67 bits per heavy atom. The normalized spacial score (nSPS) is 11.5. The van der Waals surface area contributed by atoms with Gasteiger partial charge in [0.05, 0.1) is 11.1 Å². The van der Waals surface area contributed by atoms with Crippen molar-refractivity contribution < 1.29 is 31.9 Å². The Kier molecular flexibility index (Phi) is 3.67. The van der Waals surface area contributed by atoms with Crippen molar-refractivity contribution in [2.75, 3.05) is 0 Å². The Bertz CT molecular complexity index is 707. The minimum absolute atomic E-state index is 0.190. The molecule has 0 heterocycles. The summed E-state index contributed by atoms with van der Waals surface area (Å²) in [5.74, 6) is -3.64. The molecule has 7 heteroatoms. The molecular formula is C14H7F5O2. The van der Waals surface area contributed by atoms with Crippen LogP contribution in [-0.2, 0) is 6.18 Å². The number of aromatic carboxylic acids is 1. The molecule has 0 fully saturated rings. The molecule has 0 aliphatic heterocycles. The largest absolute Gasteiger partial charge is 0.478 e. The molecule has 0 aromatic heterocycles. The van der Waals surface area contributed by atoms with Crippen LogP contribution in [0.15, 0.2) is 36.4 Å². The van der Waals surface area contributed by atoms with Crippen LogP contribution in [0.5, 0.6) is 0 Å². The third-order valence-corrected chi connectivity index (χ3v) is 2.80. The highest BCUT2D eigenvalue weighted by atomic mass is 19.4. The third kappa shape index (κ3) is 3.01. The lowest BCUT2D eigenvalue weighted by Gasteiger charge is -2.12. The van der Waals surface area contributed by atoms with Gasteiger partial charge in [0, 0.05) is 11.6 Å². The van der Waals surface area contributed by atoms with E-state index in [1.807, 2.05) is 0 Å². The molecule has 0 amide bonds. The predicted octanol–water partition coefficient (Wildman–Crippen LogP) is 4.35. The summed E-state index contributed by atoms with van der Waals surface area (Å²) in [7, 11) is 0. The highest BCUT2D eigenvalue weighted by Gasteiger charge is 2.35. The van der Waals surface area contributed by atoms with Crippen molar-refractivity contribution in [2.45, 2.75) is 6.18 Å². The van der Waals surface area contributed by atoms with Crippen LogP contribution in [0, 0.1) is 11.6 Å².